The standard InChI is InChI=1S/C11H17ClN4S/c1-17-11-14-9(12)5-10(15-11)16-4-2-3-8(6-13)7-16/h5,8H,2-4,6-7,13H2,1H3. The first-order chi connectivity index (χ1) is 8.22. The monoisotopic (exact) mass is 272 g/mol. The van der Waals surface area contributed by atoms with E-state index in [1.807, 2.05) is 12.3 Å². The fraction of sp³-hybridized carbons (Fsp3) is 0.636. The fourth-order valence-electron chi connectivity index (χ4n) is 2.10. The van der Waals surface area contributed by atoms with Crippen molar-refractivity contribution in [3.8, 4) is 0 Å². The van der Waals surface area contributed by atoms with Crippen LogP contribution in [0.15, 0.2) is 11.2 Å². The van der Waals surface area contributed by atoms with Crippen LogP contribution in [0.4, 0.5) is 5.82 Å². The van der Waals surface area contributed by atoms with Crippen LogP contribution in [0.1, 0.15) is 12.8 Å². The second kappa shape index (κ2) is 5.89. The SMILES string of the molecule is CSc1nc(Cl)cc(N2CCCC(CN)C2)n1. The zero-order chi connectivity index (χ0) is 12.3. The maximum Gasteiger partial charge on any atom is 0.190 e. The van der Waals surface area contributed by atoms with E-state index in [0.29, 0.717) is 11.1 Å². The van der Waals surface area contributed by atoms with E-state index >= 15 is 0 Å². The molecule has 0 radical (unpaired) electrons. The molecule has 2 N–H and O–H groups in total. The molecule has 0 aliphatic carbocycles. The van der Waals surface area contributed by atoms with Crippen molar-refractivity contribution < 1.29 is 0 Å². The summed E-state index contributed by atoms with van der Waals surface area (Å²) in [6, 6.07) is 1.83. The Balaban J connectivity index is 2.18. The molecule has 0 amide bonds. The van der Waals surface area contributed by atoms with Crippen molar-refractivity contribution in [2.45, 2.75) is 18.0 Å². The van der Waals surface area contributed by atoms with E-state index in [4.69, 9.17) is 17.3 Å². The highest BCUT2D eigenvalue weighted by molar-refractivity contribution is 7.98. The molecular weight excluding hydrogens is 256 g/mol. The summed E-state index contributed by atoms with van der Waals surface area (Å²) in [5, 5.41) is 1.23. The molecule has 2 rings (SSSR count). The molecule has 17 heavy (non-hydrogen) atoms. The van der Waals surface area contributed by atoms with Gasteiger partial charge in [0.15, 0.2) is 5.16 Å². The summed E-state index contributed by atoms with van der Waals surface area (Å²) in [4.78, 5) is 10.9. The van der Waals surface area contributed by atoms with Crippen molar-refractivity contribution >= 4 is 29.2 Å². The molecular formula is C11H17ClN4S. The Bertz CT molecular complexity index is 388. The molecule has 0 spiro atoms. The van der Waals surface area contributed by atoms with Crippen LogP contribution < -0.4 is 10.6 Å². The van der Waals surface area contributed by atoms with E-state index in [0.717, 1.165) is 37.0 Å². The van der Waals surface area contributed by atoms with Crippen molar-refractivity contribution in [2.75, 3.05) is 30.8 Å². The molecule has 1 aromatic rings. The van der Waals surface area contributed by atoms with Gasteiger partial charge in [0.25, 0.3) is 0 Å². The van der Waals surface area contributed by atoms with Crippen molar-refractivity contribution in [1.29, 1.82) is 0 Å². The van der Waals surface area contributed by atoms with Gasteiger partial charge in [0.05, 0.1) is 0 Å². The number of aromatic nitrogens is 2. The molecule has 0 saturated carbocycles. The Labute approximate surface area is 111 Å². The van der Waals surface area contributed by atoms with Gasteiger partial charge in [-0.15, -0.1) is 0 Å². The molecule has 6 heteroatoms. The van der Waals surface area contributed by atoms with Crippen LogP contribution in [0, 0.1) is 5.92 Å². The lowest BCUT2D eigenvalue weighted by Crippen LogP contribution is -2.38. The zero-order valence-electron chi connectivity index (χ0n) is 9.90. The first kappa shape index (κ1) is 12.9. The van der Waals surface area contributed by atoms with Gasteiger partial charge in [0.2, 0.25) is 0 Å². The van der Waals surface area contributed by atoms with Gasteiger partial charge in [-0.2, -0.15) is 0 Å². The first-order valence-corrected chi connectivity index (χ1v) is 7.36. The molecule has 1 unspecified atom stereocenters. The minimum Gasteiger partial charge on any atom is -0.356 e. The van der Waals surface area contributed by atoms with Crippen molar-refractivity contribution in [1.82, 2.24) is 9.97 Å². The number of piperidine rings is 1. The minimum absolute atomic E-state index is 0.509. The van der Waals surface area contributed by atoms with Crippen molar-refractivity contribution in [2.24, 2.45) is 11.7 Å². The highest BCUT2D eigenvalue weighted by Crippen LogP contribution is 2.24. The third-order valence-corrected chi connectivity index (χ3v) is 3.76. The first-order valence-electron chi connectivity index (χ1n) is 5.76. The van der Waals surface area contributed by atoms with Gasteiger partial charge in [-0.05, 0) is 31.6 Å². The second-order valence-electron chi connectivity index (χ2n) is 4.23. The predicted molar refractivity (Wildman–Crippen MR) is 72.8 cm³/mol. The highest BCUT2D eigenvalue weighted by Gasteiger charge is 2.20. The molecule has 1 aromatic heterocycles. The van der Waals surface area contributed by atoms with Crippen molar-refractivity contribution in [3.63, 3.8) is 0 Å². The Morgan fingerprint density at radius 1 is 1.59 bits per heavy atom. The highest BCUT2D eigenvalue weighted by atomic mass is 35.5. The van der Waals surface area contributed by atoms with Gasteiger partial charge in [0, 0.05) is 19.2 Å². The maximum absolute atomic E-state index is 6.00. The lowest BCUT2D eigenvalue weighted by molar-refractivity contribution is 0.421. The zero-order valence-corrected chi connectivity index (χ0v) is 11.5. The number of hydrogen-bond acceptors (Lipinski definition) is 5. The van der Waals surface area contributed by atoms with E-state index in [1.165, 1.54) is 18.2 Å². The van der Waals surface area contributed by atoms with E-state index < -0.39 is 0 Å². The number of rotatable bonds is 3. The largest absolute Gasteiger partial charge is 0.356 e. The van der Waals surface area contributed by atoms with Crippen molar-refractivity contribution in [3.05, 3.63) is 11.2 Å². The van der Waals surface area contributed by atoms with Crippen LogP contribution >= 0.6 is 23.4 Å². The normalized spacial score (nSPS) is 20.6. The van der Waals surface area contributed by atoms with Gasteiger partial charge in [0.1, 0.15) is 11.0 Å². The Hall–Kier alpha value is -0.520. The van der Waals surface area contributed by atoms with Crippen LogP contribution in [-0.2, 0) is 0 Å². The smallest absolute Gasteiger partial charge is 0.190 e. The van der Waals surface area contributed by atoms with Gasteiger partial charge >= 0.3 is 0 Å². The molecule has 0 aromatic carbocycles. The maximum atomic E-state index is 6.00. The summed E-state index contributed by atoms with van der Waals surface area (Å²) in [5.74, 6) is 1.49. The lowest BCUT2D eigenvalue weighted by atomic mass is 9.98. The molecule has 2 heterocycles. The second-order valence-corrected chi connectivity index (χ2v) is 5.39. The van der Waals surface area contributed by atoms with Crippen LogP contribution in [0.25, 0.3) is 0 Å². The quantitative estimate of drug-likeness (QED) is 0.518. The van der Waals surface area contributed by atoms with Crippen LogP contribution in [0.2, 0.25) is 5.15 Å². The fourth-order valence-corrected chi connectivity index (χ4v) is 2.71. The van der Waals surface area contributed by atoms with E-state index in [-0.39, 0.29) is 0 Å². The van der Waals surface area contributed by atoms with Gasteiger partial charge in [-0.1, -0.05) is 23.4 Å². The van der Waals surface area contributed by atoms with Crippen LogP contribution in [0.3, 0.4) is 0 Å². The van der Waals surface area contributed by atoms with Gasteiger partial charge in [-0.25, -0.2) is 9.97 Å². The molecule has 0 bridgehead atoms. The Kier molecular flexibility index (Phi) is 4.48. The molecule has 1 aliphatic heterocycles. The summed E-state index contributed by atoms with van der Waals surface area (Å²) >= 11 is 7.51. The Morgan fingerprint density at radius 3 is 3.12 bits per heavy atom. The predicted octanol–water partition coefficient (Wildman–Crippen LogP) is 2.03. The molecule has 1 saturated heterocycles. The summed E-state index contributed by atoms with van der Waals surface area (Å²) < 4.78 is 0. The molecule has 1 aliphatic rings. The summed E-state index contributed by atoms with van der Waals surface area (Å²) in [6.07, 6.45) is 4.33. The van der Waals surface area contributed by atoms with Gasteiger partial charge in [-0.3, -0.25) is 0 Å². The van der Waals surface area contributed by atoms with E-state index in [2.05, 4.69) is 14.9 Å². The Morgan fingerprint density at radius 2 is 2.41 bits per heavy atom. The van der Waals surface area contributed by atoms with Crippen LogP contribution in [0.5, 0.6) is 0 Å². The molecule has 1 atom stereocenters. The third-order valence-electron chi connectivity index (χ3n) is 3.02. The summed E-state index contributed by atoms with van der Waals surface area (Å²) in [5.41, 5.74) is 5.74. The summed E-state index contributed by atoms with van der Waals surface area (Å²) in [6.45, 7) is 2.74. The number of nitrogens with zero attached hydrogens (tertiary/aromatic N) is 3. The van der Waals surface area contributed by atoms with E-state index in [9.17, 15) is 0 Å². The summed E-state index contributed by atoms with van der Waals surface area (Å²) in [7, 11) is 0. The number of nitrogens with two attached hydrogens (primary N) is 1. The molecule has 1 fully saturated rings. The number of hydrogen-bond donors (Lipinski definition) is 1. The number of halogens is 1. The molecule has 4 nitrogen and oxygen atoms in total. The molecule has 94 valence electrons. The topological polar surface area (TPSA) is 55.0 Å². The lowest BCUT2D eigenvalue weighted by Gasteiger charge is -2.33. The number of thioether (sulfide) groups is 1. The average Bonchev–Trinajstić information content (AvgIpc) is 2.38. The number of anilines is 1. The van der Waals surface area contributed by atoms with E-state index in [1.54, 1.807) is 0 Å². The average molecular weight is 273 g/mol. The third kappa shape index (κ3) is 3.24. The minimum atomic E-state index is 0.509. The van der Waals surface area contributed by atoms with Gasteiger partial charge < -0.3 is 10.6 Å². The van der Waals surface area contributed by atoms with Crippen LogP contribution in [-0.4, -0.2) is 35.9 Å².